The highest BCUT2D eigenvalue weighted by atomic mass is 35.5. The van der Waals surface area contributed by atoms with Crippen molar-refractivity contribution in [2.45, 2.75) is 38.1 Å². The first-order chi connectivity index (χ1) is 9.21. The number of alkyl halides is 1. The lowest BCUT2D eigenvalue weighted by atomic mass is 9.51. The van der Waals surface area contributed by atoms with Gasteiger partial charge < -0.3 is 10.1 Å². The molecule has 3 nitrogen and oxygen atoms in total. The van der Waals surface area contributed by atoms with Crippen LogP contribution in [0, 0.1) is 29.6 Å². The molecule has 0 heterocycles. The van der Waals surface area contributed by atoms with Gasteiger partial charge in [-0.2, -0.15) is 0 Å². The maximum Gasteiger partial charge on any atom is 0.224 e. The summed E-state index contributed by atoms with van der Waals surface area (Å²) < 4.78 is 5.10. The largest absolute Gasteiger partial charge is 0.383 e. The summed E-state index contributed by atoms with van der Waals surface area (Å²) in [7, 11) is 1.65. The molecule has 1 amide bonds. The Morgan fingerprint density at radius 3 is 2.26 bits per heavy atom. The van der Waals surface area contributed by atoms with Gasteiger partial charge in [0.1, 0.15) is 0 Å². The van der Waals surface area contributed by atoms with Crippen LogP contribution in [0.15, 0.2) is 0 Å². The summed E-state index contributed by atoms with van der Waals surface area (Å²) >= 11 is 5.89. The fraction of sp³-hybridized carbons (Fsp3) is 0.933. The topological polar surface area (TPSA) is 38.3 Å². The number of hydrogen-bond donors (Lipinski definition) is 1. The Morgan fingerprint density at radius 2 is 1.79 bits per heavy atom. The monoisotopic (exact) mass is 285 g/mol. The molecule has 0 aromatic heterocycles. The van der Waals surface area contributed by atoms with Crippen LogP contribution in [-0.4, -0.2) is 31.5 Å². The summed E-state index contributed by atoms with van der Waals surface area (Å²) in [6.45, 7) is 0.503. The maximum absolute atomic E-state index is 12.6. The van der Waals surface area contributed by atoms with E-state index in [1.165, 1.54) is 32.1 Å². The standard InChI is InChI=1S/C15H24ClNO2/c1-19-8-13(7-16)17-15(18)14-11-3-9-2-10(5-11)6-12(14)4-9/h9-14H,2-8H2,1H3,(H,17,18). The van der Waals surface area contributed by atoms with Crippen LogP contribution in [0.4, 0.5) is 0 Å². The third-order valence-corrected chi connectivity index (χ3v) is 5.80. The molecule has 4 bridgehead atoms. The van der Waals surface area contributed by atoms with Gasteiger partial charge in [0.15, 0.2) is 0 Å². The minimum absolute atomic E-state index is 0.0450. The Bertz CT molecular complexity index is 319. The highest BCUT2D eigenvalue weighted by Gasteiger charge is 2.50. The van der Waals surface area contributed by atoms with E-state index < -0.39 is 0 Å². The van der Waals surface area contributed by atoms with Gasteiger partial charge in [-0.05, 0) is 55.8 Å². The smallest absolute Gasteiger partial charge is 0.224 e. The first kappa shape index (κ1) is 13.7. The number of halogens is 1. The zero-order chi connectivity index (χ0) is 13.4. The van der Waals surface area contributed by atoms with E-state index in [9.17, 15) is 4.79 Å². The van der Waals surface area contributed by atoms with Gasteiger partial charge in [-0.25, -0.2) is 0 Å². The summed E-state index contributed by atoms with van der Waals surface area (Å²) in [6, 6.07) is -0.0450. The van der Waals surface area contributed by atoms with Crippen LogP contribution in [0.25, 0.3) is 0 Å². The fourth-order valence-electron chi connectivity index (χ4n) is 4.98. The van der Waals surface area contributed by atoms with Crippen molar-refractivity contribution in [1.29, 1.82) is 0 Å². The molecule has 0 spiro atoms. The molecule has 4 saturated carbocycles. The normalized spacial score (nSPS) is 41.3. The average Bonchev–Trinajstić information content (AvgIpc) is 2.36. The Balaban J connectivity index is 1.63. The SMILES string of the molecule is COCC(CCl)NC(=O)C1C2CC3CC(C2)CC1C3. The zero-order valence-electron chi connectivity index (χ0n) is 11.6. The lowest BCUT2D eigenvalue weighted by Crippen LogP contribution is -2.53. The molecule has 19 heavy (non-hydrogen) atoms. The maximum atomic E-state index is 12.6. The Hall–Kier alpha value is -0.280. The van der Waals surface area contributed by atoms with Crippen LogP contribution >= 0.6 is 11.6 Å². The molecule has 0 saturated heterocycles. The summed E-state index contributed by atoms with van der Waals surface area (Å²) in [5, 5.41) is 3.10. The van der Waals surface area contributed by atoms with E-state index in [2.05, 4.69) is 5.32 Å². The van der Waals surface area contributed by atoms with Gasteiger partial charge in [0.25, 0.3) is 0 Å². The fourth-order valence-corrected chi connectivity index (χ4v) is 5.14. The summed E-state index contributed by atoms with van der Waals surface area (Å²) in [4.78, 5) is 12.6. The summed E-state index contributed by atoms with van der Waals surface area (Å²) in [5.74, 6) is 3.99. The van der Waals surface area contributed by atoms with Crippen molar-refractivity contribution in [3.8, 4) is 0 Å². The molecule has 4 fully saturated rings. The van der Waals surface area contributed by atoms with Crippen LogP contribution < -0.4 is 5.32 Å². The first-order valence-corrected chi connectivity index (χ1v) is 8.10. The zero-order valence-corrected chi connectivity index (χ0v) is 12.4. The van der Waals surface area contributed by atoms with E-state index in [1.54, 1.807) is 7.11 Å². The minimum Gasteiger partial charge on any atom is -0.383 e. The van der Waals surface area contributed by atoms with E-state index in [1.807, 2.05) is 0 Å². The Kier molecular flexibility index (Phi) is 4.04. The van der Waals surface area contributed by atoms with Crippen LogP contribution in [0.2, 0.25) is 0 Å². The second-order valence-electron chi connectivity index (χ2n) is 6.77. The third-order valence-electron chi connectivity index (χ3n) is 5.43. The van der Waals surface area contributed by atoms with Crippen LogP contribution in [-0.2, 0) is 9.53 Å². The van der Waals surface area contributed by atoms with Crippen molar-refractivity contribution >= 4 is 17.5 Å². The number of methoxy groups -OCH3 is 1. The number of carbonyl (C=O) groups is 1. The van der Waals surface area contributed by atoms with E-state index in [0.717, 1.165) is 11.8 Å². The van der Waals surface area contributed by atoms with Gasteiger partial charge >= 0.3 is 0 Å². The number of carbonyl (C=O) groups excluding carboxylic acids is 1. The van der Waals surface area contributed by atoms with Crippen molar-refractivity contribution < 1.29 is 9.53 Å². The molecule has 1 atom stereocenters. The highest BCUT2D eigenvalue weighted by molar-refractivity contribution is 6.18. The van der Waals surface area contributed by atoms with E-state index in [0.29, 0.717) is 24.3 Å². The third kappa shape index (κ3) is 2.64. The first-order valence-electron chi connectivity index (χ1n) is 7.56. The molecule has 4 aliphatic carbocycles. The van der Waals surface area contributed by atoms with Gasteiger partial charge in [-0.15, -0.1) is 11.6 Å². The number of nitrogens with one attached hydrogen (secondary N) is 1. The predicted molar refractivity (Wildman–Crippen MR) is 75.1 cm³/mol. The molecule has 108 valence electrons. The van der Waals surface area contributed by atoms with Crippen molar-refractivity contribution in [3.63, 3.8) is 0 Å². The molecule has 4 heteroatoms. The second kappa shape index (κ2) is 5.61. The number of hydrogen-bond acceptors (Lipinski definition) is 2. The number of amides is 1. The molecule has 0 aromatic rings. The van der Waals surface area contributed by atoms with Crippen LogP contribution in [0.3, 0.4) is 0 Å². The van der Waals surface area contributed by atoms with Gasteiger partial charge in [0, 0.05) is 18.9 Å². The molecule has 0 radical (unpaired) electrons. The van der Waals surface area contributed by atoms with Crippen molar-refractivity contribution in [2.75, 3.05) is 19.6 Å². The minimum atomic E-state index is -0.0450. The molecule has 4 rings (SSSR count). The van der Waals surface area contributed by atoms with Gasteiger partial charge in [0.2, 0.25) is 5.91 Å². The van der Waals surface area contributed by atoms with Gasteiger partial charge in [-0.3, -0.25) is 4.79 Å². The Morgan fingerprint density at radius 1 is 1.21 bits per heavy atom. The van der Waals surface area contributed by atoms with Crippen LogP contribution in [0.1, 0.15) is 32.1 Å². The highest BCUT2D eigenvalue weighted by Crippen LogP contribution is 2.56. The van der Waals surface area contributed by atoms with Gasteiger partial charge in [-0.1, -0.05) is 0 Å². The number of ether oxygens (including phenoxy) is 1. The molecule has 4 aliphatic rings. The van der Waals surface area contributed by atoms with Crippen molar-refractivity contribution in [1.82, 2.24) is 5.32 Å². The van der Waals surface area contributed by atoms with E-state index in [-0.39, 0.29) is 17.9 Å². The molecular formula is C15H24ClNO2. The summed E-state index contributed by atoms with van der Waals surface area (Å²) in [6.07, 6.45) is 6.54. The summed E-state index contributed by atoms with van der Waals surface area (Å²) in [5.41, 5.74) is 0. The lowest BCUT2D eigenvalue weighted by Gasteiger charge is -2.53. The van der Waals surface area contributed by atoms with E-state index in [4.69, 9.17) is 16.3 Å². The van der Waals surface area contributed by atoms with Crippen LogP contribution in [0.5, 0.6) is 0 Å². The number of rotatable bonds is 5. The molecule has 1 N–H and O–H groups in total. The average molecular weight is 286 g/mol. The predicted octanol–water partition coefficient (Wildman–Crippen LogP) is 2.43. The quantitative estimate of drug-likeness (QED) is 0.788. The van der Waals surface area contributed by atoms with Crippen molar-refractivity contribution in [2.24, 2.45) is 29.6 Å². The second-order valence-corrected chi connectivity index (χ2v) is 7.08. The van der Waals surface area contributed by atoms with Gasteiger partial charge in [0.05, 0.1) is 12.6 Å². The molecule has 1 unspecified atom stereocenters. The molecule has 0 aromatic carbocycles. The van der Waals surface area contributed by atoms with E-state index >= 15 is 0 Å². The lowest BCUT2D eigenvalue weighted by molar-refractivity contribution is -0.139. The Labute approximate surface area is 120 Å². The molecular weight excluding hydrogens is 262 g/mol. The molecule has 0 aliphatic heterocycles. The van der Waals surface area contributed by atoms with Crippen molar-refractivity contribution in [3.05, 3.63) is 0 Å².